The highest BCUT2D eigenvalue weighted by Gasteiger charge is 2.23. The third-order valence-corrected chi connectivity index (χ3v) is 2.50. The highest BCUT2D eigenvalue weighted by Crippen LogP contribution is 2.31. The maximum Gasteiger partial charge on any atom is 0.236 e. The van der Waals surface area contributed by atoms with Gasteiger partial charge in [0.1, 0.15) is 11.8 Å². The minimum absolute atomic E-state index is 0.326. The van der Waals surface area contributed by atoms with E-state index in [0.717, 1.165) is 5.56 Å². The van der Waals surface area contributed by atoms with E-state index in [1.165, 1.54) is 0 Å². The number of hydrogen-bond donors (Lipinski definition) is 0. The van der Waals surface area contributed by atoms with Crippen LogP contribution in [-0.4, -0.2) is 12.9 Å². The van der Waals surface area contributed by atoms with Gasteiger partial charge in [-0.15, -0.1) is 6.58 Å². The second-order valence-electron chi connectivity index (χ2n) is 3.47. The largest absolute Gasteiger partial charge is 0.459 e. The molecule has 0 bridgehead atoms. The molecule has 0 spiro atoms. The molecule has 0 aromatic heterocycles. The minimum atomic E-state index is -0.674. The Hall–Kier alpha value is -1.76. The Labute approximate surface area is 105 Å². The lowest BCUT2D eigenvalue weighted by atomic mass is 10.1. The minimum Gasteiger partial charge on any atom is -0.459 e. The van der Waals surface area contributed by atoms with Gasteiger partial charge in [-0.05, 0) is 24.3 Å². The molecule has 1 aliphatic rings. The number of hydrogen-bond acceptors (Lipinski definition) is 3. The summed E-state index contributed by atoms with van der Waals surface area (Å²) in [5.74, 6) is 0.655. The Kier molecular flexibility index (Phi) is 3.48. The number of nitriles is 1. The van der Waals surface area contributed by atoms with Crippen LogP contribution in [0.4, 0.5) is 0 Å². The number of ether oxygens (including phenoxy) is 2. The number of fused-ring (bicyclic) bond motifs is 1. The molecular weight excluding hydrogens is 238 g/mol. The standard InChI is InChI=1S/C13H10ClNO2/c1-2-5-16-13-10(8-15)6-9-7-11(14)3-4-12(9)17-13/h2-4,6-7,13H,1,5H2/t13-/m0/s1. The van der Waals surface area contributed by atoms with Crippen LogP contribution in [0.1, 0.15) is 5.56 Å². The predicted molar refractivity (Wildman–Crippen MR) is 65.6 cm³/mol. The highest BCUT2D eigenvalue weighted by molar-refractivity contribution is 6.30. The second kappa shape index (κ2) is 5.05. The van der Waals surface area contributed by atoms with Crippen LogP contribution in [0.25, 0.3) is 6.08 Å². The number of nitrogens with zero attached hydrogens (tertiary/aromatic N) is 1. The monoisotopic (exact) mass is 247 g/mol. The Bertz CT molecular complexity index is 517. The summed E-state index contributed by atoms with van der Waals surface area (Å²) in [5.41, 5.74) is 1.20. The SMILES string of the molecule is C=CCO[C@H]1Oc2ccc(Cl)cc2C=C1C#N. The fourth-order valence-corrected chi connectivity index (χ4v) is 1.70. The Morgan fingerprint density at radius 1 is 1.59 bits per heavy atom. The average Bonchev–Trinajstić information content (AvgIpc) is 2.35. The van der Waals surface area contributed by atoms with E-state index < -0.39 is 6.29 Å². The molecule has 0 radical (unpaired) electrons. The van der Waals surface area contributed by atoms with Gasteiger partial charge in [-0.1, -0.05) is 17.7 Å². The maximum absolute atomic E-state index is 9.02. The molecule has 0 unspecified atom stereocenters. The first-order valence-corrected chi connectivity index (χ1v) is 5.43. The molecule has 17 heavy (non-hydrogen) atoms. The molecule has 3 nitrogen and oxygen atoms in total. The normalized spacial score (nSPS) is 17.4. The van der Waals surface area contributed by atoms with Crippen molar-refractivity contribution < 1.29 is 9.47 Å². The molecule has 0 saturated heterocycles. The fraction of sp³-hybridized carbons (Fsp3) is 0.154. The van der Waals surface area contributed by atoms with Gasteiger partial charge >= 0.3 is 0 Å². The van der Waals surface area contributed by atoms with E-state index in [0.29, 0.717) is 23.0 Å². The zero-order valence-corrected chi connectivity index (χ0v) is 9.78. The van der Waals surface area contributed by atoms with Gasteiger partial charge in [-0.3, -0.25) is 0 Å². The van der Waals surface area contributed by atoms with Crippen LogP contribution in [0.3, 0.4) is 0 Å². The lowest BCUT2D eigenvalue weighted by Crippen LogP contribution is -2.25. The molecule has 0 aliphatic carbocycles. The van der Waals surface area contributed by atoms with Crippen molar-refractivity contribution in [3.8, 4) is 11.8 Å². The third kappa shape index (κ3) is 2.50. The second-order valence-corrected chi connectivity index (χ2v) is 3.90. The molecule has 2 rings (SSSR count). The first-order chi connectivity index (χ1) is 8.24. The molecule has 86 valence electrons. The van der Waals surface area contributed by atoms with Gasteiger partial charge in [0.2, 0.25) is 6.29 Å². The van der Waals surface area contributed by atoms with E-state index in [1.54, 1.807) is 30.4 Å². The van der Waals surface area contributed by atoms with Crippen molar-refractivity contribution in [1.29, 1.82) is 5.26 Å². The van der Waals surface area contributed by atoms with Gasteiger partial charge in [0.25, 0.3) is 0 Å². The summed E-state index contributed by atoms with van der Waals surface area (Å²) in [6, 6.07) is 7.29. The van der Waals surface area contributed by atoms with Crippen molar-refractivity contribution in [3.05, 3.63) is 47.0 Å². The van der Waals surface area contributed by atoms with E-state index in [2.05, 4.69) is 12.6 Å². The van der Waals surface area contributed by atoms with Gasteiger partial charge in [-0.2, -0.15) is 5.26 Å². The molecule has 1 heterocycles. The topological polar surface area (TPSA) is 42.2 Å². The fourth-order valence-electron chi connectivity index (χ4n) is 1.52. The van der Waals surface area contributed by atoms with Crippen molar-refractivity contribution in [2.24, 2.45) is 0 Å². The van der Waals surface area contributed by atoms with Crippen LogP contribution in [0.2, 0.25) is 5.02 Å². The highest BCUT2D eigenvalue weighted by atomic mass is 35.5. The smallest absolute Gasteiger partial charge is 0.236 e. The van der Waals surface area contributed by atoms with Crippen molar-refractivity contribution in [2.75, 3.05) is 6.61 Å². The lowest BCUT2D eigenvalue weighted by Gasteiger charge is -2.23. The molecule has 1 aromatic rings. The van der Waals surface area contributed by atoms with Gasteiger partial charge in [0.15, 0.2) is 0 Å². The van der Waals surface area contributed by atoms with Gasteiger partial charge in [0, 0.05) is 10.6 Å². The van der Waals surface area contributed by atoms with Crippen molar-refractivity contribution >= 4 is 17.7 Å². The van der Waals surface area contributed by atoms with Crippen LogP contribution >= 0.6 is 11.6 Å². The summed E-state index contributed by atoms with van der Waals surface area (Å²) in [4.78, 5) is 0. The number of benzene rings is 1. The summed E-state index contributed by atoms with van der Waals surface area (Å²) in [7, 11) is 0. The summed E-state index contributed by atoms with van der Waals surface area (Å²) in [6.07, 6.45) is 2.65. The molecule has 1 aromatic carbocycles. The van der Waals surface area contributed by atoms with E-state index in [-0.39, 0.29) is 0 Å². The van der Waals surface area contributed by atoms with Crippen LogP contribution in [-0.2, 0) is 4.74 Å². The van der Waals surface area contributed by atoms with Gasteiger partial charge < -0.3 is 9.47 Å². The van der Waals surface area contributed by atoms with E-state index in [1.807, 2.05) is 0 Å². The average molecular weight is 248 g/mol. The molecule has 4 heteroatoms. The van der Waals surface area contributed by atoms with Gasteiger partial charge in [-0.25, -0.2) is 0 Å². The maximum atomic E-state index is 9.02. The number of rotatable bonds is 3. The van der Waals surface area contributed by atoms with Crippen molar-refractivity contribution in [2.45, 2.75) is 6.29 Å². The summed E-state index contributed by atoms with van der Waals surface area (Å²) in [5, 5.41) is 9.62. The predicted octanol–water partition coefficient (Wildman–Crippen LogP) is 3.17. The molecule has 0 fully saturated rings. The summed E-state index contributed by atoms with van der Waals surface area (Å²) < 4.78 is 10.9. The van der Waals surface area contributed by atoms with Crippen LogP contribution in [0.5, 0.6) is 5.75 Å². The summed E-state index contributed by atoms with van der Waals surface area (Å²) in [6.45, 7) is 3.88. The number of halogens is 1. The van der Waals surface area contributed by atoms with E-state index in [4.69, 9.17) is 26.3 Å². The third-order valence-electron chi connectivity index (χ3n) is 2.27. The summed E-state index contributed by atoms with van der Waals surface area (Å²) >= 11 is 5.88. The molecule has 0 N–H and O–H groups in total. The van der Waals surface area contributed by atoms with E-state index in [9.17, 15) is 0 Å². The van der Waals surface area contributed by atoms with E-state index >= 15 is 0 Å². The van der Waals surface area contributed by atoms with Crippen molar-refractivity contribution in [1.82, 2.24) is 0 Å². The van der Waals surface area contributed by atoms with Gasteiger partial charge in [0.05, 0.1) is 12.2 Å². The quantitative estimate of drug-likeness (QED) is 0.771. The zero-order chi connectivity index (χ0) is 12.3. The molecule has 1 atom stereocenters. The van der Waals surface area contributed by atoms with Crippen molar-refractivity contribution in [3.63, 3.8) is 0 Å². The molecule has 0 saturated carbocycles. The van der Waals surface area contributed by atoms with Crippen LogP contribution in [0, 0.1) is 11.3 Å². The zero-order valence-electron chi connectivity index (χ0n) is 9.02. The lowest BCUT2D eigenvalue weighted by molar-refractivity contribution is -0.0399. The Morgan fingerprint density at radius 3 is 3.12 bits per heavy atom. The van der Waals surface area contributed by atoms with Crippen LogP contribution < -0.4 is 4.74 Å². The molecular formula is C13H10ClNO2. The first-order valence-electron chi connectivity index (χ1n) is 5.05. The van der Waals surface area contributed by atoms with Crippen LogP contribution in [0.15, 0.2) is 36.4 Å². The Morgan fingerprint density at radius 2 is 2.41 bits per heavy atom. The molecule has 1 aliphatic heterocycles. The first kappa shape index (κ1) is 11.7. The molecule has 0 amide bonds. The Balaban J connectivity index is 2.32.